The molecular weight excluding hydrogens is 298 g/mol. The van der Waals surface area contributed by atoms with Crippen LogP contribution in [-0.2, 0) is 0 Å². The number of hydrogen-bond acceptors (Lipinski definition) is 8. The summed E-state index contributed by atoms with van der Waals surface area (Å²) in [5, 5.41) is 15.0. The van der Waals surface area contributed by atoms with Crippen LogP contribution in [0.5, 0.6) is 0 Å². The Morgan fingerprint density at radius 1 is 1.37 bits per heavy atom. The van der Waals surface area contributed by atoms with E-state index >= 15 is 0 Å². The van der Waals surface area contributed by atoms with Gasteiger partial charge in [0.1, 0.15) is 11.4 Å². The molecule has 3 aromatic heterocycles. The largest absolute Gasteiger partial charge is 0.357 e. The van der Waals surface area contributed by atoms with Crippen molar-refractivity contribution in [3.8, 4) is 0 Å². The number of thiophene rings is 1. The van der Waals surface area contributed by atoms with Crippen LogP contribution in [0.25, 0.3) is 10.2 Å². The van der Waals surface area contributed by atoms with Crippen molar-refractivity contribution in [3.63, 3.8) is 0 Å². The molecule has 0 aliphatic rings. The fraction of sp³-hybridized carbons (Fsp3) is 0.0909. The first-order chi connectivity index (χ1) is 9.36. The van der Waals surface area contributed by atoms with Crippen LogP contribution in [0.15, 0.2) is 39.8 Å². The molecule has 96 valence electrons. The maximum Gasteiger partial charge on any atom is 0.206 e. The molecule has 0 amide bonds. The average Bonchev–Trinajstić information content (AvgIpc) is 3.05. The van der Waals surface area contributed by atoms with E-state index in [0.717, 1.165) is 24.7 Å². The summed E-state index contributed by atoms with van der Waals surface area (Å²) >= 11 is 4.65. The lowest BCUT2D eigenvalue weighted by Gasteiger charge is -1.97. The molecule has 0 spiro atoms. The molecule has 1 N–H and O–H groups in total. The van der Waals surface area contributed by atoms with Crippen molar-refractivity contribution in [2.24, 2.45) is 0 Å². The molecule has 19 heavy (non-hydrogen) atoms. The summed E-state index contributed by atoms with van der Waals surface area (Å²) in [6, 6.07) is 1.99. The van der Waals surface area contributed by atoms with Gasteiger partial charge in [0.05, 0.1) is 10.2 Å². The van der Waals surface area contributed by atoms with E-state index in [1.807, 2.05) is 11.4 Å². The number of aromatic nitrogens is 4. The zero-order valence-corrected chi connectivity index (χ0v) is 12.2. The van der Waals surface area contributed by atoms with Gasteiger partial charge in [0.15, 0.2) is 4.34 Å². The quantitative estimate of drug-likeness (QED) is 0.576. The number of nitrogens with zero attached hydrogens (tertiary/aromatic N) is 4. The van der Waals surface area contributed by atoms with Gasteiger partial charge >= 0.3 is 0 Å². The summed E-state index contributed by atoms with van der Waals surface area (Å²) in [5.74, 6) is 0. The van der Waals surface area contributed by atoms with Gasteiger partial charge in [0, 0.05) is 6.54 Å². The van der Waals surface area contributed by atoms with E-state index in [-0.39, 0.29) is 0 Å². The molecule has 0 atom stereocenters. The van der Waals surface area contributed by atoms with E-state index in [2.05, 4.69) is 32.1 Å². The first-order valence-electron chi connectivity index (χ1n) is 5.41. The van der Waals surface area contributed by atoms with Gasteiger partial charge in [-0.1, -0.05) is 17.4 Å². The SMILES string of the molecule is C=CCNc1nnc(Sc2ncnc3ccsc23)s1. The second kappa shape index (κ2) is 5.64. The lowest BCUT2D eigenvalue weighted by atomic mass is 10.5. The first kappa shape index (κ1) is 12.5. The summed E-state index contributed by atoms with van der Waals surface area (Å²) in [4.78, 5) is 8.53. The standard InChI is InChI=1S/C11H9N5S3/c1-2-4-12-10-15-16-11(19-10)18-9-8-7(3-5-17-8)13-6-14-9/h2-3,5-6H,1,4H2,(H,12,15). The minimum Gasteiger partial charge on any atom is -0.357 e. The molecule has 3 aromatic rings. The zero-order valence-electron chi connectivity index (χ0n) is 9.74. The smallest absolute Gasteiger partial charge is 0.206 e. The van der Waals surface area contributed by atoms with E-state index < -0.39 is 0 Å². The van der Waals surface area contributed by atoms with E-state index in [1.54, 1.807) is 23.7 Å². The van der Waals surface area contributed by atoms with Crippen LogP contribution >= 0.6 is 34.4 Å². The molecule has 0 unspecified atom stereocenters. The van der Waals surface area contributed by atoms with Crippen LogP contribution in [0.1, 0.15) is 0 Å². The summed E-state index contributed by atoms with van der Waals surface area (Å²) in [6.07, 6.45) is 3.36. The Kier molecular flexibility index (Phi) is 3.72. The maximum atomic E-state index is 4.31. The third-order valence-corrected chi connectivity index (χ3v) is 5.17. The van der Waals surface area contributed by atoms with Gasteiger partial charge in [0.25, 0.3) is 0 Å². The van der Waals surface area contributed by atoms with Gasteiger partial charge in [0.2, 0.25) is 5.13 Å². The molecule has 8 heteroatoms. The highest BCUT2D eigenvalue weighted by atomic mass is 32.2. The van der Waals surface area contributed by atoms with Crippen molar-refractivity contribution in [2.45, 2.75) is 9.37 Å². The summed E-state index contributed by atoms with van der Waals surface area (Å²) < 4.78 is 1.95. The van der Waals surface area contributed by atoms with Crippen LogP contribution in [0.3, 0.4) is 0 Å². The Morgan fingerprint density at radius 3 is 3.21 bits per heavy atom. The topological polar surface area (TPSA) is 63.6 Å². The fourth-order valence-corrected chi connectivity index (χ4v) is 4.07. The second-order valence-electron chi connectivity index (χ2n) is 3.46. The molecule has 0 bridgehead atoms. The van der Waals surface area contributed by atoms with Crippen molar-refractivity contribution in [1.82, 2.24) is 20.2 Å². The van der Waals surface area contributed by atoms with E-state index in [9.17, 15) is 0 Å². The zero-order chi connectivity index (χ0) is 13.1. The third kappa shape index (κ3) is 2.75. The van der Waals surface area contributed by atoms with Crippen LogP contribution in [0, 0.1) is 0 Å². The van der Waals surface area contributed by atoms with Crippen molar-refractivity contribution in [2.75, 3.05) is 11.9 Å². The molecule has 0 radical (unpaired) electrons. The fourth-order valence-electron chi connectivity index (χ4n) is 1.40. The monoisotopic (exact) mass is 307 g/mol. The Bertz CT molecular complexity index is 705. The summed E-state index contributed by atoms with van der Waals surface area (Å²) in [6.45, 7) is 4.33. The highest BCUT2D eigenvalue weighted by molar-refractivity contribution is 8.01. The van der Waals surface area contributed by atoms with Gasteiger partial charge in [-0.05, 0) is 23.2 Å². The van der Waals surface area contributed by atoms with Crippen molar-refractivity contribution in [1.29, 1.82) is 0 Å². The molecule has 0 fully saturated rings. The third-order valence-electron chi connectivity index (χ3n) is 2.20. The molecule has 5 nitrogen and oxygen atoms in total. The van der Waals surface area contributed by atoms with Crippen molar-refractivity contribution >= 4 is 49.8 Å². The van der Waals surface area contributed by atoms with E-state index in [0.29, 0.717) is 6.54 Å². The lowest BCUT2D eigenvalue weighted by Crippen LogP contribution is -1.96. The summed E-state index contributed by atoms with van der Waals surface area (Å²) in [7, 11) is 0. The van der Waals surface area contributed by atoms with Crippen LogP contribution in [0.2, 0.25) is 0 Å². The van der Waals surface area contributed by atoms with Gasteiger partial charge in [-0.2, -0.15) is 0 Å². The normalized spacial score (nSPS) is 10.7. The Morgan fingerprint density at radius 2 is 2.32 bits per heavy atom. The predicted molar refractivity (Wildman–Crippen MR) is 80.1 cm³/mol. The molecule has 0 saturated carbocycles. The highest BCUT2D eigenvalue weighted by Crippen LogP contribution is 2.35. The molecule has 0 aliphatic heterocycles. The van der Waals surface area contributed by atoms with Crippen LogP contribution < -0.4 is 5.32 Å². The van der Waals surface area contributed by atoms with Crippen LogP contribution in [-0.4, -0.2) is 26.7 Å². The Hall–Kier alpha value is -1.51. The van der Waals surface area contributed by atoms with Crippen molar-refractivity contribution in [3.05, 3.63) is 30.4 Å². The molecule has 3 rings (SSSR count). The number of hydrogen-bond donors (Lipinski definition) is 1. The lowest BCUT2D eigenvalue weighted by molar-refractivity contribution is 1.00. The molecule has 3 heterocycles. The van der Waals surface area contributed by atoms with Gasteiger partial charge in [-0.3, -0.25) is 0 Å². The highest BCUT2D eigenvalue weighted by Gasteiger charge is 2.10. The second-order valence-corrected chi connectivity index (χ2v) is 6.59. The van der Waals surface area contributed by atoms with Gasteiger partial charge in [-0.15, -0.1) is 28.1 Å². The number of anilines is 1. The van der Waals surface area contributed by atoms with E-state index in [1.165, 1.54) is 23.1 Å². The minimum atomic E-state index is 0.683. The maximum absolute atomic E-state index is 4.31. The van der Waals surface area contributed by atoms with Crippen LogP contribution in [0.4, 0.5) is 5.13 Å². The Balaban J connectivity index is 1.82. The summed E-state index contributed by atoms with van der Waals surface area (Å²) in [5.41, 5.74) is 0.969. The number of rotatable bonds is 5. The minimum absolute atomic E-state index is 0.683. The number of fused-ring (bicyclic) bond motifs is 1. The average molecular weight is 307 g/mol. The number of nitrogens with one attached hydrogen (secondary N) is 1. The first-order valence-corrected chi connectivity index (χ1v) is 7.92. The van der Waals surface area contributed by atoms with E-state index in [4.69, 9.17) is 0 Å². The van der Waals surface area contributed by atoms with Gasteiger partial charge in [-0.25, -0.2) is 9.97 Å². The molecular formula is C11H9N5S3. The van der Waals surface area contributed by atoms with Crippen molar-refractivity contribution < 1.29 is 0 Å². The Labute approximate surface area is 121 Å². The molecule has 0 saturated heterocycles. The molecule has 0 aromatic carbocycles. The molecule has 0 aliphatic carbocycles. The van der Waals surface area contributed by atoms with Gasteiger partial charge < -0.3 is 5.32 Å². The predicted octanol–water partition coefficient (Wildman–Crippen LogP) is 3.29.